The number of carbonyl (C=O) groups is 1. The number of amides is 1. The van der Waals surface area contributed by atoms with Gasteiger partial charge in [0.1, 0.15) is 6.04 Å². The summed E-state index contributed by atoms with van der Waals surface area (Å²) in [4.78, 5) is 12.4. The molecule has 130 valence electrons. The van der Waals surface area contributed by atoms with E-state index in [1.807, 2.05) is 6.07 Å². The van der Waals surface area contributed by atoms with E-state index in [9.17, 15) is 18.0 Å². The third kappa shape index (κ3) is 4.59. The molecule has 0 radical (unpaired) electrons. The van der Waals surface area contributed by atoms with Crippen LogP contribution in [0.25, 0.3) is 0 Å². The topological polar surface area (TPSA) is 46.9 Å². The molecule has 1 amide bonds. The number of hydrogen-bond donors (Lipinski definition) is 1. The van der Waals surface area contributed by atoms with E-state index < -0.39 is 30.6 Å². The number of carbonyl (C=O) groups excluding carboxylic acids is 1. The normalized spacial score (nSPS) is 14.2. The van der Waals surface area contributed by atoms with E-state index in [1.54, 1.807) is 51.1 Å². The van der Waals surface area contributed by atoms with E-state index in [4.69, 9.17) is 0 Å². The van der Waals surface area contributed by atoms with Crippen LogP contribution in [-0.4, -0.2) is 21.9 Å². The van der Waals surface area contributed by atoms with Crippen LogP contribution in [0, 0.1) is 13.8 Å². The van der Waals surface area contributed by atoms with Crippen LogP contribution >= 0.6 is 0 Å². The van der Waals surface area contributed by atoms with Gasteiger partial charge in [-0.25, -0.2) is 0 Å². The minimum atomic E-state index is -4.38. The predicted octanol–water partition coefficient (Wildman–Crippen LogP) is 3.87. The van der Waals surface area contributed by atoms with Crippen molar-refractivity contribution >= 4 is 5.91 Å². The lowest BCUT2D eigenvalue weighted by atomic mass is 10.0. The maximum atomic E-state index is 12.9. The number of aryl methyl sites for hydroxylation is 2. The zero-order chi connectivity index (χ0) is 17.9. The fraction of sp³-hybridized carbons (Fsp3) is 0.412. The van der Waals surface area contributed by atoms with E-state index in [0.717, 1.165) is 11.4 Å². The summed E-state index contributed by atoms with van der Waals surface area (Å²) in [6.45, 7) is 5.21. The summed E-state index contributed by atoms with van der Waals surface area (Å²) in [7, 11) is 0. The van der Waals surface area contributed by atoms with Crippen molar-refractivity contribution in [2.75, 3.05) is 0 Å². The highest BCUT2D eigenvalue weighted by Gasteiger charge is 2.34. The molecule has 2 aromatic rings. The van der Waals surface area contributed by atoms with Gasteiger partial charge in [-0.15, -0.1) is 0 Å². The van der Waals surface area contributed by atoms with Crippen LogP contribution in [-0.2, 0) is 4.79 Å². The molecule has 2 rings (SSSR count). The van der Waals surface area contributed by atoms with Gasteiger partial charge in [-0.2, -0.15) is 18.3 Å². The number of hydrogen-bond acceptors (Lipinski definition) is 2. The first-order valence-electron chi connectivity index (χ1n) is 7.62. The van der Waals surface area contributed by atoms with Gasteiger partial charge in [-0.3, -0.25) is 9.48 Å². The van der Waals surface area contributed by atoms with Crippen molar-refractivity contribution in [3.63, 3.8) is 0 Å². The lowest BCUT2D eigenvalue weighted by molar-refractivity contribution is -0.143. The Morgan fingerprint density at radius 1 is 1.25 bits per heavy atom. The molecule has 1 aromatic carbocycles. The van der Waals surface area contributed by atoms with E-state index in [2.05, 4.69) is 10.4 Å². The number of alkyl halides is 3. The minimum absolute atomic E-state index is 0.420. The molecule has 0 aliphatic rings. The molecule has 1 heterocycles. The van der Waals surface area contributed by atoms with Gasteiger partial charge in [0.2, 0.25) is 5.91 Å². The van der Waals surface area contributed by atoms with Crippen molar-refractivity contribution in [2.24, 2.45) is 0 Å². The number of benzene rings is 1. The fourth-order valence-electron chi connectivity index (χ4n) is 2.61. The van der Waals surface area contributed by atoms with E-state index >= 15 is 0 Å². The molecule has 7 heteroatoms. The smallest absolute Gasteiger partial charge is 0.347 e. The van der Waals surface area contributed by atoms with E-state index in [-0.39, 0.29) is 0 Å². The molecule has 0 saturated heterocycles. The fourth-order valence-corrected chi connectivity index (χ4v) is 2.61. The molecular weight excluding hydrogens is 319 g/mol. The summed E-state index contributed by atoms with van der Waals surface area (Å²) in [5.41, 5.74) is 1.95. The summed E-state index contributed by atoms with van der Waals surface area (Å²) >= 11 is 0. The third-order valence-electron chi connectivity index (χ3n) is 3.74. The molecule has 1 N–H and O–H groups in total. The number of nitrogens with one attached hydrogen (secondary N) is 1. The Morgan fingerprint density at radius 3 is 2.38 bits per heavy atom. The highest BCUT2D eigenvalue weighted by Crippen LogP contribution is 2.30. The van der Waals surface area contributed by atoms with Crippen LogP contribution < -0.4 is 5.32 Å². The zero-order valence-corrected chi connectivity index (χ0v) is 13.8. The van der Waals surface area contributed by atoms with Crippen molar-refractivity contribution in [3.05, 3.63) is 53.3 Å². The van der Waals surface area contributed by atoms with Gasteiger partial charge in [-0.1, -0.05) is 30.3 Å². The molecule has 4 nitrogen and oxygen atoms in total. The third-order valence-corrected chi connectivity index (χ3v) is 3.74. The Morgan fingerprint density at radius 2 is 1.88 bits per heavy atom. The monoisotopic (exact) mass is 339 g/mol. The lowest BCUT2D eigenvalue weighted by Crippen LogP contribution is -2.36. The summed E-state index contributed by atoms with van der Waals surface area (Å²) in [6, 6.07) is 8.15. The largest absolute Gasteiger partial charge is 0.391 e. The van der Waals surface area contributed by atoms with Crippen LogP contribution in [0.5, 0.6) is 0 Å². The van der Waals surface area contributed by atoms with Gasteiger partial charge in [0, 0.05) is 5.69 Å². The van der Waals surface area contributed by atoms with Gasteiger partial charge in [0.25, 0.3) is 0 Å². The second kappa shape index (κ2) is 7.07. The van der Waals surface area contributed by atoms with Gasteiger partial charge in [-0.05, 0) is 32.4 Å². The lowest BCUT2D eigenvalue weighted by Gasteiger charge is -2.23. The minimum Gasteiger partial charge on any atom is -0.347 e. The maximum absolute atomic E-state index is 12.9. The van der Waals surface area contributed by atoms with Crippen molar-refractivity contribution in [3.8, 4) is 0 Å². The molecule has 0 unspecified atom stereocenters. The second-order valence-corrected chi connectivity index (χ2v) is 5.84. The average molecular weight is 339 g/mol. The van der Waals surface area contributed by atoms with Crippen LogP contribution in [0.15, 0.2) is 36.4 Å². The number of aromatic nitrogens is 2. The number of halogens is 3. The molecule has 0 aliphatic carbocycles. The first-order valence-corrected chi connectivity index (χ1v) is 7.62. The SMILES string of the molecule is Cc1cc(C)n([C@@H](C)C(=O)N[C@@H](CC(F)(F)F)c2ccccc2)n1. The molecule has 0 spiro atoms. The number of nitrogens with zero attached hydrogens (tertiary/aromatic N) is 2. The highest BCUT2D eigenvalue weighted by atomic mass is 19.4. The first kappa shape index (κ1) is 18.0. The molecular formula is C17H20F3N3O. The van der Waals surface area contributed by atoms with Gasteiger partial charge >= 0.3 is 6.18 Å². The quantitative estimate of drug-likeness (QED) is 0.899. The van der Waals surface area contributed by atoms with Crippen molar-refractivity contribution in [1.29, 1.82) is 0 Å². The van der Waals surface area contributed by atoms with Crippen LogP contribution in [0.4, 0.5) is 13.2 Å². The highest BCUT2D eigenvalue weighted by molar-refractivity contribution is 5.80. The molecule has 24 heavy (non-hydrogen) atoms. The van der Waals surface area contributed by atoms with Crippen molar-refractivity contribution in [2.45, 2.75) is 45.5 Å². The molecule has 0 aliphatic heterocycles. The first-order chi connectivity index (χ1) is 11.2. The maximum Gasteiger partial charge on any atom is 0.391 e. The molecule has 0 fully saturated rings. The summed E-state index contributed by atoms with van der Waals surface area (Å²) < 4.78 is 40.1. The zero-order valence-electron chi connectivity index (χ0n) is 13.8. The van der Waals surface area contributed by atoms with Gasteiger partial charge in [0.05, 0.1) is 18.2 Å². The van der Waals surface area contributed by atoms with E-state index in [0.29, 0.717) is 5.56 Å². The second-order valence-electron chi connectivity index (χ2n) is 5.84. The van der Waals surface area contributed by atoms with Crippen molar-refractivity contribution in [1.82, 2.24) is 15.1 Å². The standard InChI is InChI=1S/C17H20F3N3O/c1-11-9-12(2)23(22-11)13(3)16(24)21-15(10-17(18,19)20)14-7-5-4-6-8-14/h4-9,13,15H,10H2,1-3H3,(H,21,24)/t13-,15-/m0/s1. The predicted molar refractivity (Wildman–Crippen MR) is 84.4 cm³/mol. The van der Waals surface area contributed by atoms with Crippen LogP contribution in [0.1, 0.15) is 42.4 Å². The average Bonchev–Trinajstić information content (AvgIpc) is 2.84. The molecule has 0 saturated carbocycles. The molecule has 2 atom stereocenters. The summed E-state index contributed by atoms with van der Waals surface area (Å²) in [5, 5.41) is 6.72. The van der Waals surface area contributed by atoms with Crippen LogP contribution in [0.2, 0.25) is 0 Å². The Hall–Kier alpha value is -2.31. The summed E-state index contributed by atoms with van der Waals surface area (Å²) in [5.74, 6) is -0.501. The van der Waals surface area contributed by atoms with Crippen LogP contribution in [0.3, 0.4) is 0 Å². The Balaban J connectivity index is 2.19. The number of rotatable bonds is 5. The molecule has 1 aromatic heterocycles. The van der Waals surface area contributed by atoms with Gasteiger partial charge in [0.15, 0.2) is 0 Å². The molecule has 0 bridgehead atoms. The summed E-state index contributed by atoms with van der Waals surface area (Å²) in [6.07, 6.45) is -5.50. The Bertz CT molecular complexity index is 695. The van der Waals surface area contributed by atoms with Crippen molar-refractivity contribution < 1.29 is 18.0 Å². The van der Waals surface area contributed by atoms with E-state index in [1.165, 1.54) is 4.68 Å². The Labute approximate surface area is 138 Å². The van der Waals surface area contributed by atoms with Gasteiger partial charge < -0.3 is 5.32 Å². The Kier molecular flexibility index (Phi) is 5.31.